The Morgan fingerprint density at radius 3 is 3.04 bits per heavy atom. The van der Waals surface area contributed by atoms with Gasteiger partial charge in [-0.1, -0.05) is 0 Å². The van der Waals surface area contributed by atoms with Crippen LogP contribution in [0.1, 0.15) is 23.1 Å². The second-order valence-corrected chi connectivity index (χ2v) is 6.44. The lowest BCUT2D eigenvalue weighted by atomic mass is 9.99. The van der Waals surface area contributed by atoms with Gasteiger partial charge in [-0.3, -0.25) is 9.69 Å². The standard InChI is InChI=1S/C17H24N4O3/c1-19(2)16(22)11-23-10-13-7-21(8-14-5-4-6-24-14)9-15-17(13)20(3)12-18-15/h4-6,12-13H,7-11H2,1-3H3/t13-/m0/s1. The molecule has 0 aromatic carbocycles. The van der Waals surface area contributed by atoms with Gasteiger partial charge in [-0.25, -0.2) is 4.98 Å². The van der Waals surface area contributed by atoms with Crippen molar-refractivity contribution in [3.05, 3.63) is 41.9 Å². The van der Waals surface area contributed by atoms with Crippen molar-refractivity contribution in [2.24, 2.45) is 7.05 Å². The van der Waals surface area contributed by atoms with E-state index in [4.69, 9.17) is 9.15 Å². The number of likely N-dealkylation sites (N-methyl/N-ethyl adjacent to an activating group) is 1. The van der Waals surface area contributed by atoms with Crippen LogP contribution in [-0.2, 0) is 29.7 Å². The third-order valence-electron chi connectivity index (χ3n) is 4.30. The van der Waals surface area contributed by atoms with Gasteiger partial charge in [0.05, 0.1) is 31.4 Å². The van der Waals surface area contributed by atoms with Gasteiger partial charge in [-0.15, -0.1) is 0 Å². The number of amides is 1. The van der Waals surface area contributed by atoms with Crippen LogP contribution in [0.15, 0.2) is 29.1 Å². The fraction of sp³-hybridized carbons (Fsp3) is 0.529. The summed E-state index contributed by atoms with van der Waals surface area (Å²) in [4.78, 5) is 20.0. The van der Waals surface area contributed by atoms with Crippen LogP contribution in [0.4, 0.5) is 0 Å². The minimum atomic E-state index is -0.0246. The molecule has 1 aliphatic heterocycles. The third kappa shape index (κ3) is 3.68. The second kappa shape index (κ2) is 7.19. The molecule has 7 heteroatoms. The molecule has 24 heavy (non-hydrogen) atoms. The molecule has 3 rings (SSSR count). The Morgan fingerprint density at radius 1 is 1.50 bits per heavy atom. The smallest absolute Gasteiger partial charge is 0.248 e. The Labute approximate surface area is 141 Å². The molecule has 0 N–H and O–H groups in total. The maximum atomic E-state index is 11.7. The number of carbonyl (C=O) groups excluding carboxylic acids is 1. The van der Waals surface area contributed by atoms with E-state index in [-0.39, 0.29) is 18.4 Å². The van der Waals surface area contributed by atoms with E-state index >= 15 is 0 Å². The molecule has 0 unspecified atom stereocenters. The minimum Gasteiger partial charge on any atom is -0.468 e. The first kappa shape index (κ1) is 16.7. The molecule has 130 valence electrons. The van der Waals surface area contributed by atoms with Crippen molar-refractivity contribution in [1.82, 2.24) is 19.4 Å². The Balaban J connectivity index is 1.66. The molecular weight excluding hydrogens is 308 g/mol. The normalized spacial score (nSPS) is 17.7. The van der Waals surface area contributed by atoms with Crippen molar-refractivity contribution in [1.29, 1.82) is 0 Å². The molecule has 1 atom stereocenters. The molecule has 0 spiro atoms. The van der Waals surface area contributed by atoms with Gasteiger partial charge in [0, 0.05) is 45.8 Å². The number of aryl methyl sites for hydroxylation is 1. The van der Waals surface area contributed by atoms with Crippen molar-refractivity contribution in [3.8, 4) is 0 Å². The van der Waals surface area contributed by atoms with E-state index < -0.39 is 0 Å². The molecule has 1 aliphatic rings. The van der Waals surface area contributed by atoms with Crippen LogP contribution < -0.4 is 0 Å². The highest BCUT2D eigenvalue weighted by molar-refractivity contribution is 5.76. The summed E-state index contributed by atoms with van der Waals surface area (Å²) in [5.74, 6) is 1.10. The van der Waals surface area contributed by atoms with Gasteiger partial charge < -0.3 is 18.6 Å². The van der Waals surface area contributed by atoms with E-state index in [1.807, 2.05) is 25.5 Å². The predicted molar refractivity (Wildman–Crippen MR) is 88.3 cm³/mol. The summed E-state index contributed by atoms with van der Waals surface area (Å²) >= 11 is 0. The van der Waals surface area contributed by atoms with Crippen LogP contribution in [-0.4, -0.2) is 59.1 Å². The van der Waals surface area contributed by atoms with Crippen molar-refractivity contribution >= 4 is 5.91 Å². The van der Waals surface area contributed by atoms with E-state index in [9.17, 15) is 4.79 Å². The summed E-state index contributed by atoms with van der Waals surface area (Å²) in [5.41, 5.74) is 2.27. The van der Waals surface area contributed by atoms with Crippen LogP contribution in [0.5, 0.6) is 0 Å². The molecule has 0 saturated carbocycles. The minimum absolute atomic E-state index is 0.0246. The third-order valence-corrected chi connectivity index (χ3v) is 4.30. The van der Waals surface area contributed by atoms with Crippen LogP contribution in [0.3, 0.4) is 0 Å². The summed E-state index contributed by atoms with van der Waals surface area (Å²) in [6.45, 7) is 3.00. The molecule has 0 aliphatic carbocycles. The fourth-order valence-electron chi connectivity index (χ4n) is 3.10. The van der Waals surface area contributed by atoms with Crippen molar-refractivity contribution in [2.45, 2.75) is 19.0 Å². The van der Waals surface area contributed by atoms with Gasteiger partial charge >= 0.3 is 0 Å². The summed E-state index contributed by atoms with van der Waals surface area (Å²) in [7, 11) is 5.47. The van der Waals surface area contributed by atoms with Crippen LogP contribution in [0.25, 0.3) is 0 Å². The quantitative estimate of drug-likeness (QED) is 0.796. The lowest BCUT2D eigenvalue weighted by Gasteiger charge is -2.32. The highest BCUT2D eigenvalue weighted by Gasteiger charge is 2.29. The number of fused-ring (bicyclic) bond motifs is 1. The van der Waals surface area contributed by atoms with Crippen LogP contribution in [0.2, 0.25) is 0 Å². The molecule has 0 saturated heterocycles. The number of rotatable bonds is 6. The fourth-order valence-corrected chi connectivity index (χ4v) is 3.10. The zero-order valence-electron chi connectivity index (χ0n) is 14.4. The Hall–Kier alpha value is -2.12. The first-order chi connectivity index (χ1) is 11.5. The van der Waals surface area contributed by atoms with Gasteiger partial charge in [0.15, 0.2) is 0 Å². The Bertz CT molecular complexity index is 678. The number of nitrogens with zero attached hydrogens (tertiary/aromatic N) is 4. The van der Waals surface area contributed by atoms with Crippen molar-refractivity contribution in [3.63, 3.8) is 0 Å². The topological polar surface area (TPSA) is 63.7 Å². The van der Waals surface area contributed by atoms with E-state index in [2.05, 4.69) is 14.5 Å². The van der Waals surface area contributed by atoms with Gasteiger partial charge in [-0.2, -0.15) is 0 Å². The molecule has 3 heterocycles. The van der Waals surface area contributed by atoms with Crippen LogP contribution in [0, 0.1) is 0 Å². The summed E-state index contributed by atoms with van der Waals surface area (Å²) in [6, 6.07) is 3.88. The number of ether oxygens (including phenoxy) is 1. The van der Waals surface area contributed by atoms with Gasteiger partial charge in [0.2, 0.25) is 5.91 Å². The Morgan fingerprint density at radius 2 is 2.33 bits per heavy atom. The van der Waals surface area contributed by atoms with Crippen molar-refractivity contribution < 1.29 is 13.9 Å². The number of carbonyl (C=O) groups is 1. The predicted octanol–water partition coefficient (Wildman–Crippen LogP) is 1.22. The molecule has 0 fully saturated rings. The number of furan rings is 1. The molecule has 0 radical (unpaired) electrons. The number of aromatic nitrogens is 2. The molecule has 2 aromatic rings. The summed E-state index contributed by atoms with van der Waals surface area (Å²) in [6.07, 6.45) is 3.54. The van der Waals surface area contributed by atoms with Gasteiger partial charge in [0.1, 0.15) is 12.4 Å². The molecule has 7 nitrogen and oxygen atoms in total. The second-order valence-electron chi connectivity index (χ2n) is 6.44. The number of hydrogen-bond donors (Lipinski definition) is 0. The SMILES string of the molecule is CN(C)C(=O)COC[C@@H]1CN(Cc2ccco2)Cc2ncn(C)c21. The maximum Gasteiger partial charge on any atom is 0.248 e. The Kier molecular flexibility index (Phi) is 5.01. The molecular formula is C17H24N4O3. The monoisotopic (exact) mass is 332 g/mol. The average molecular weight is 332 g/mol. The zero-order chi connectivity index (χ0) is 17.1. The van der Waals surface area contributed by atoms with Crippen molar-refractivity contribution in [2.75, 3.05) is 33.9 Å². The van der Waals surface area contributed by atoms with Gasteiger partial charge in [0.25, 0.3) is 0 Å². The first-order valence-corrected chi connectivity index (χ1v) is 8.07. The zero-order valence-corrected chi connectivity index (χ0v) is 14.4. The van der Waals surface area contributed by atoms with E-state index in [0.29, 0.717) is 6.61 Å². The maximum absolute atomic E-state index is 11.7. The number of imidazole rings is 1. The van der Waals surface area contributed by atoms with E-state index in [1.165, 1.54) is 5.69 Å². The highest BCUT2D eigenvalue weighted by atomic mass is 16.5. The highest BCUT2D eigenvalue weighted by Crippen LogP contribution is 2.28. The first-order valence-electron chi connectivity index (χ1n) is 8.07. The summed E-state index contributed by atoms with van der Waals surface area (Å²) < 4.78 is 13.2. The summed E-state index contributed by atoms with van der Waals surface area (Å²) in [5, 5.41) is 0. The largest absolute Gasteiger partial charge is 0.468 e. The lowest BCUT2D eigenvalue weighted by molar-refractivity contribution is -0.133. The molecule has 0 bridgehead atoms. The van der Waals surface area contributed by atoms with Crippen LogP contribution >= 0.6 is 0 Å². The number of hydrogen-bond acceptors (Lipinski definition) is 5. The molecule has 1 amide bonds. The van der Waals surface area contributed by atoms with E-state index in [0.717, 1.165) is 31.1 Å². The molecule has 2 aromatic heterocycles. The van der Waals surface area contributed by atoms with Gasteiger partial charge in [-0.05, 0) is 12.1 Å². The average Bonchev–Trinajstić information content (AvgIpc) is 3.17. The van der Waals surface area contributed by atoms with E-state index in [1.54, 1.807) is 25.3 Å². The lowest BCUT2D eigenvalue weighted by Crippen LogP contribution is -2.36.